The van der Waals surface area contributed by atoms with E-state index in [1.807, 2.05) is 44.2 Å². The van der Waals surface area contributed by atoms with Gasteiger partial charge in [-0.05, 0) is 43.2 Å². The summed E-state index contributed by atoms with van der Waals surface area (Å²) in [6.45, 7) is 3.88. The lowest BCUT2D eigenvalue weighted by Gasteiger charge is -2.10. The molecule has 0 saturated heterocycles. The first-order valence-corrected chi connectivity index (χ1v) is 6.74. The summed E-state index contributed by atoms with van der Waals surface area (Å²) in [6, 6.07) is 11.2. The van der Waals surface area contributed by atoms with Gasteiger partial charge in [0.2, 0.25) is 5.56 Å². The number of H-pyrrole nitrogens is 1. The van der Waals surface area contributed by atoms with Crippen LogP contribution in [0.1, 0.15) is 11.4 Å². The van der Waals surface area contributed by atoms with Gasteiger partial charge in [0.25, 0.3) is 0 Å². The predicted octanol–water partition coefficient (Wildman–Crippen LogP) is 3.22. The van der Waals surface area contributed by atoms with Gasteiger partial charge < -0.3 is 9.72 Å². The van der Waals surface area contributed by atoms with Crippen molar-refractivity contribution in [3.8, 4) is 16.9 Å². The maximum Gasteiger partial charge on any atom is 0.249 e. The average molecular weight is 280 g/mol. The highest BCUT2D eigenvalue weighted by Gasteiger charge is 2.10. The number of hydrogen-bond acceptors (Lipinski definition) is 3. The van der Waals surface area contributed by atoms with Crippen molar-refractivity contribution < 1.29 is 4.74 Å². The van der Waals surface area contributed by atoms with Crippen molar-refractivity contribution in [1.82, 2.24) is 9.97 Å². The van der Waals surface area contributed by atoms with E-state index in [2.05, 4.69) is 9.97 Å². The molecular formula is C17H16N2O2. The number of fused-ring (bicyclic) bond motifs is 1. The summed E-state index contributed by atoms with van der Waals surface area (Å²) in [7, 11) is 1.63. The molecule has 1 N–H and O–H groups in total. The molecule has 4 heteroatoms. The molecule has 0 unspecified atom stereocenters. The Bertz CT molecular complexity index is 864. The quantitative estimate of drug-likeness (QED) is 0.784. The van der Waals surface area contributed by atoms with Crippen LogP contribution in [0.5, 0.6) is 5.75 Å². The number of rotatable bonds is 2. The molecule has 0 aliphatic carbocycles. The molecule has 0 amide bonds. The van der Waals surface area contributed by atoms with Crippen molar-refractivity contribution in [2.45, 2.75) is 13.8 Å². The normalized spacial score (nSPS) is 10.8. The molecule has 106 valence electrons. The molecule has 3 aromatic rings. The SMILES string of the molecule is COc1ccc(-c2cc(=O)[nH]c3cc(C)nc(C)c23)cc1. The second-order valence-electron chi connectivity index (χ2n) is 5.05. The van der Waals surface area contributed by atoms with Gasteiger partial charge in [0, 0.05) is 22.8 Å². The first-order valence-electron chi connectivity index (χ1n) is 6.74. The van der Waals surface area contributed by atoms with Crippen molar-refractivity contribution in [2.75, 3.05) is 7.11 Å². The third-order valence-electron chi connectivity index (χ3n) is 3.53. The first-order chi connectivity index (χ1) is 10.1. The lowest BCUT2D eigenvalue weighted by atomic mass is 10.00. The largest absolute Gasteiger partial charge is 0.497 e. The zero-order valence-corrected chi connectivity index (χ0v) is 12.2. The molecule has 0 saturated carbocycles. The Morgan fingerprint density at radius 1 is 1.10 bits per heavy atom. The van der Waals surface area contributed by atoms with Crippen molar-refractivity contribution in [3.05, 3.63) is 58.1 Å². The summed E-state index contributed by atoms with van der Waals surface area (Å²) in [4.78, 5) is 19.3. The molecule has 3 rings (SSSR count). The van der Waals surface area contributed by atoms with E-state index >= 15 is 0 Å². The summed E-state index contributed by atoms with van der Waals surface area (Å²) in [5, 5.41) is 0.977. The van der Waals surface area contributed by atoms with E-state index < -0.39 is 0 Å². The van der Waals surface area contributed by atoms with E-state index in [4.69, 9.17) is 4.74 Å². The molecule has 1 aromatic carbocycles. The van der Waals surface area contributed by atoms with Crippen LogP contribution in [-0.4, -0.2) is 17.1 Å². The molecule has 0 aliphatic rings. The van der Waals surface area contributed by atoms with E-state index in [-0.39, 0.29) is 5.56 Å². The number of nitrogens with one attached hydrogen (secondary N) is 1. The van der Waals surface area contributed by atoms with Crippen LogP contribution in [0.2, 0.25) is 0 Å². The fraction of sp³-hybridized carbons (Fsp3) is 0.176. The van der Waals surface area contributed by atoms with Gasteiger partial charge in [0.15, 0.2) is 0 Å². The number of aryl methyl sites for hydroxylation is 2. The van der Waals surface area contributed by atoms with Crippen LogP contribution < -0.4 is 10.3 Å². The minimum absolute atomic E-state index is 0.113. The van der Waals surface area contributed by atoms with Crippen molar-refractivity contribution >= 4 is 10.9 Å². The lowest BCUT2D eigenvalue weighted by Crippen LogP contribution is -2.06. The number of pyridine rings is 2. The number of aromatic amines is 1. The van der Waals surface area contributed by atoms with Crippen LogP contribution >= 0.6 is 0 Å². The van der Waals surface area contributed by atoms with Gasteiger partial charge in [0.1, 0.15) is 5.75 Å². The number of hydrogen-bond donors (Lipinski definition) is 1. The Morgan fingerprint density at radius 2 is 1.81 bits per heavy atom. The zero-order valence-electron chi connectivity index (χ0n) is 12.2. The summed E-state index contributed by atoms with van der Waals surface area (Å²) in [5.74, 6) is 0.790. The smallest absolute Gasteiger partial charge is 0.249 e. The van der Waals surface area contributed by atoms with Gasteiger partial charge in [-0.1, -0.05) is 12.1 Å². The molecule has 21 heavy (non-hydrogen) atoms. The van der Waals surface area contributed by atoms with Crippen LogP contribution in [0.15, 0.2) is 41.2 Å². The maximum absolute atomic E-state index is 11.9. The summed E-state index contributed by atoms with van der Waals surface area (Å²) in [5.41, 5.74) is 4.37. The Balaban J connectivity index is 2.32. The third kappa shape index (κ3) is 2.40. The van der Waals surface area contributed by atoms with E-state index in [0.29, 0.717) is 0 Å². The van der Waals surface area contributed by atoms with Gasteiger partial charge in [0.05, 0.1) is 12.6 Å². The molecule has 0 aliphatic heterocycles. The van der Waals surface area contributed by atoms with Crippen LogP contribution in [0, 0.1) is 13.8 Å². The topological polar surface area (TPSA) is 55.0 Å². The number of aromatic nitrogens is 2. The molecule has 0 bridgehead atoms. The minimum atomic E-state index is -0.113. The maximum atomic E-state index is 11.9. The second-order valence-corrected chi connectivity index (χ2v) is 5.05. The molecule has 0 atom stereocenters. The second kappa shape index (κ2) is 5.05. The summed E-state index contributed by atoms with van der Waals surface area (Å²) in [6.07, 6.45) is 0. The zero-order chi connectivity index (χ0) is 15.0. The average Bonchev–Trinajstić information content (AvgIpc) is 2.45. The highest BCUT2D eigenvalue weighted by atomic mass is 16.5. The first kappa shape index (κ1) is 13.4. The third-order valence-corrected chi connectivity index (χ3v) is 3.53. The Morgan fingerprint density at radius 3 is 2.48 bits per heavy atom. The van der Waals surface area contributed by atoms with Crippen LogP contribution in [0.25, 0.3) is 22.0 Å². The van der Waals surface area contributed by atoms with Gasteiger partial charge in [-0.15, -0.1) is 0 Å². The van der Waals surface area contributed by atoms with Crippen LogP contribution in [0.4, 0.5) is 0 Å². The van der Waals surface area contributed by atoms with E-state index in [0.717, 1.165) is 39.2 Å². The van der Waals surface area contributed by atoms with Crippen LogP contribution in [-0.2, 0) is 0 Å². The van der Waals surface area contributed by atoms with Gasteiger partial charge in [-0.25, -0.2) is 0 Å². The highest BCUT2D eigenvalue weighted by Crippen LogP contribution is 2.29. The van der Waals surface area contributed by atoms with E-state index in [1.54, 1.807) is 13.2 Å². The number of benzene rings is 1. The summed E-state index contributed by atoms with van der Waals surface area (Å²) >= 11 is 0. The molecular weight excluding hydrogens is 264 g/mol. The van der Waals surface area contributed by atoms with E-state index in [1.165, 1.54) is 0 Å². The fourth-order valence-corrected chi connectivity index (χ4v) is 2.64. The van der Waals surface area contributed by atoms with E-state index in [9.17, 15) is 4.79 Å². The summed E-state index contributed by atoms with van der Waals surface area (Å²) < 4.78 is 5.18. The van der Waals surface area contributed by atoms with Crippen molar-refractivity contribution in [2.24, 2.45) is 0 Å². The number of ether oxygens (including phenoxy) is 1. The molecule has 2 aromatic heterocycles. The Kier molecular flexibility index (Phi) is 3.22. The molecule has 0 radical (unpaired) electrons. The highest BCUT2D eigenvalue weighted by molar-refractivity contribution is 5.96. The fourth-order valence-electron chi connectivity index (χ4n) is 2.64. The minimum Gasteiger partial charge on any atom is -0.497 e. The van der Waals surface area contributed by atoms with Crippen molar-refractivity contribution in [1.29, 1.82) is 0 Å². The molecule has 2 heterocycles. The van der Waals surface area contributed by atoms with Crippen LogP contribution in [0.3, 0.4) is 0 Å². The standard InChI is InChI=1S/C17H16N2O2/c1-10-8-15-17(11(2)18-10)14(9-16(20)19-15)12-4-6-13(21-3)7-5-12/h4-9H,1-3H3,(H,19,20). The lowest BCUT2D eigenvalue weighted by molar-refractivity contribution is 0.415. The molecule has 0 spiro atoms. The van der Waals surface area contributed by atoms with Gasteiger partial charge in [-0.3, -0.25) is 9.78 Å². The Hall–Kier alpha value is -2.62. The predicted molar refractivity (Wildman–Crippen MR) is 83.8 cm³/mol. The number of methoxy groups -OCH3 is 1. The number of nitrogens with zero attached hydrogens (tertiary/aromatic N) is 1. The molecule has 0 fully saturated rings. The monoisotopic (exact) mass is 280 g/mol. The van der Waals surface area contributed by atoms with Gasteiger partial charge >= 0.3 is 0 Å². The van der Waals surface area contributed by atoms with Crippen molar-refractivity contribution in [3.63, 3.8) is 0 Å². The molecule has 4 nitrogen and oxygen atoms in total. The Labute approximate surface area is 122 Å². The van der Waals surface area contributed by atoms with Gasteiger partial charge in [-0.2, -0.15) is 0 Å².